The molecule has 3 aromatic carbocycles. The van der Waals surface area contributed by atoms with Crippen molar-refractivity contribution in [3.63, 3.8) is 0 Å². The van der Waals surface area contributed by atoms with Crippen LogP contribution in [0.1, 0.15) is 16.2 Å². The van der Waals surface area contributed by atoms with E-state index in [-0.39, 0.29) is 42.0 Å². The number of nitrogens with one attached hydrogen (secondary N) is 1. The predicted molar refractivity (Wildman–Crippen MR) is 164 cm³/mol. The Morgan fingerprint density at radius 2 is 1.75 bits per heavy atom. The second kappa shape index (κ2) is 13.0. The van der Waals surface area contributed by atoms with Crippen molar-refractivity contribution in [2.24, 2.45) is 4.99 Å². The smallest absolute Gasteiger partial charge is 0.260 e. The van der Waals surface area contributed by atoms with E-state index in [0.29, 0.717) is 11.3 Å². The molecule has 0 saturated carbocycles. The molecule has 1 N–H and O–H groups in total. The SMILES string of the molecule is COc1c(-c2cccc3[nH]c(C)nc23)ccc(C(=O)N(C)c2ccccc2N2CCN(C)CC2)c1N=C=O.Cl.Cl. The third kappa shape index (κ3) is 5.69. The van der Waals surface area contributed by atoms with Gasteiger partial charge in [0.15, 0.2) is 5.75 Å². The largest absolute Gasteiger partial charge is 0.494 e. The summed E-state index contributed by atoms with van der Waals surface area (Å²) in [5, 5.41) is 0. The minimum atomic E-state index is -0.306. The molecule has 0 spiro atoms. The molecule has 1 aliphatic heterocycles. The number of halogens is 2. The van der Waals surface area contributed by atoms with E-state index in [0.717, 1.165) is 60.0 Å². The number of methoxy groups -OCH3 is 1. The number of aryl methyl sites for hydroxylation is 1. The number of H-pyrrole nitrogens is 1. The van der Waals surface area contributed by atoms with E-state index < -0.39 is 0 Å². The molecule has 2 heterocycles. The molecule has 210 valence electrons. The fraction of sp³-hybridized carbons (Fsp3) is 0.276. The summed E-state index contributed by atoms with van der Waals surface area (Å²) < 4.78 is 5.75. The van der Waals surface area contributed by atoms with Crippen LogP contribution in [0.15, 0.2) is 59.6 Å². The summed E-state index contributed by atoms with van der Waals surface area (Å²) in [5.41, 5.74) is 5.27. The summed E-state index contributed by atoms with van der Waals surface area (Å²) in [4.78, 5) is 43.4. The average Bonchev–Trinajstić information content (AvgIpc) is 3.33. The van der Waals surface area contributed by atoms with E-state index in [4.69, 9.17) is 4.74 Å². The number of imidazole rings is 1. The lowest BCUT2D eigenvalue weighted by atomic mass is 9.98. The molecule has 4 aromatic rings. The van der Waals surface area contributed by atoms with Crippen molar-refractivity contribution in [2.45, 2.75) is 6.92 Å². The second-order valence-electron chi connectivity index (χ2n) is 9.41. The summed E-state index contributed by atoms with van der Waals surface area (Å²) in [6.45, 7) is 5.53. The number of nitrogens with zero attached hydrogens (tertiary/aromatic N) is 5. The lowest BCUT2D eigenvalue weighted by Gasteiger charge is -2.36. The Kier molecular flexibility index (Phi) is 9.95. The van der Waals surface area contributed by atoms with Crippen LogP contribution >= 0.6 is 24.8 Å². The summed E-state index contributed by atoms with van der Waals surface area (Å²) in [7, 11) is 5.34. The van der Waals surface area contributed by atoms with Crippen LogP contribution in [0.3, 0.4) is 0 Å². The molecule has 0 radical (unpaired) electrons. The molecule has 1 amide bonds. The minimum Gasteiger partial charge on any atom is -0.494 e. The Morgan fingerprint density at radius 3 is 2.45 bits per heavy atom. The fourth-order valence-corrected chi connectivity index (χ4v) is 5.04. The zero-order valence-corrected chi connectivity index (χ0v) is 24.4. The lowest BCUT2D eigenvalue weighted by Crippen LogP contribution is -2.45. The molecule has 1 saturated heterocycles. The Labute approximate surface area is 245 Å². The molecular weight excluding hydrogens is 551 g/mol. The number of benzene rings is 3. The van der Waals surface area contributed by atoms with Gasteiger partial charge in [0.1, 0.15) is 11.5 Å². The number of piperazine rings is 1. The van der Waals surface area contributed by atoms with Gasteiger partial charge in [-0.2, -0.15) is 4.99 Å². The van der Waals surface area contributed by atoms with Gasteiger partial charge in [0.25, 0.3) is 5.91 Å². The third-order valence-corrected chi connectivity index (χ3v) is 7.04. The summed E-state index contributed by atoms with van der Waals surface area (Å²) in [5.74, 6) is 0.789. The number of carbonyl (C=O) groups excluding carboxylic acids is 2. The Hall–Kier alpha value is -3.88. The molecule has 0 unspecified atom stereocenters. The standard InChI is InChI=1S/C29H30N6O3.2ClH/c1-19-31-23-9-7-8-20(26(23)32-19)21-12-13-22(27(30-18-36)28(21)38-4)29(37)34(3)24-10-5-6-11-25(24)35-16-14-33(2)15-17-35;;/h5-13H,14-17H2,1-4H3,(H,31,32);2*1H. The number of aromatic amines is 1. The van der Waals surface area contributed by atoms with Crippen LogP contribution in [0.5, 0.6) is 5.75 Å². The van der Waals surface area contributed by atoms with Gasteiger partial charge in [0, 0.05) is 44.4 Å². The number of hydrogen-bond donors (Lipinski definition) is 1. The van der Waals surface area contributed by atoms with Crippen molar-refractivity contribution in [3.8, 4) is 16.9 Å². The molecule has 1 fully saturated rings. The van der Waals surface area contributed by atoms with E-state index in [2.05, 4.69) is 31.8 Å². The Bertz CT molecular complexity index is 1560. The number of aliphatic imine (C=N–C) groups is 1. The summed E-state index contributed by atoms with van der Waals surface area (Å²) in [6, 6.07) is 17.1. The second-order valence-corrected chi connectivity index (χ2v) is 9.41. The molecule has 40 heavy (non-hydrogen) atoms. The van der Waals surface area contributed by atoms with Crippen molar-refractivity contribution in [2.75, 3.05) is 57.2 Å². The van der Waals surface area contributed by atoms with Gasteiger partial charge >= 0.3 is 0 Å². The van der Waals surface area contributed by atoms with Gasteiger partial charge in [-0.05, 0) is 44.3 Å². The highest BCUT2D eigenvalue weighted by molar-refractivity contribution is 6.12. The topological polar surface area (TPSA) is 94.1 Å². The first-order valence-electron chi connectivity index (χ1n) is 12.5. The Morgan fingerprint density at radius 1 is 1.02 bits per heavy atom. The normalized spacial score (nSPS) is 13.2. The highest BCUT2D eigenvalue weighted by Gasteiger charge is 2.26. The molecule has 0 bridgehead atoms. The lowest BCUT2D eigenvalue weighted by molar-refractivity contribution is 0.0993. The first-order chi connectivity index (χ1) is 18.4. The van der Waals surface area contributed by atoms with Crippen LogP contribution in [-0.2, 0) is 4.79 Å². The summed E-state index contributed by atoms with van der Waals surface area (Å²) in [6.07, 6.45) is 1.61. The molecule has 1 aromatic heterocycles. The zero-order valence-electron chi connectivity index (χ0n) is 22.8. The van der Waals surface area contributed by atoms with E-state index in [1.165, 1.54) is 7.11 Å². The molecule has 0 aliphatic carbocycles. The monoisotopic (exact) mass is 582 g/mol. The number of ether oxygens (including phenoxy) is 1. The number of anilines is 2. The van der Waals surface area contributed by atoms with Crippen LogP contribution < -0.4 is 14.5 Å². The van der Waals surface area contributed by atoms with Gasteiger partial charge in [-0.1, -0.05) is 24.3 Å². The summed E-state index contributed by atoms with van der Waals surface area (Å²) >= 11 is 0. The van der Waals surface area contributed by atoms with Crippen LogP contribution in [0.25, 0.3) is 22.2 Å². The van der Waals surface area contributed by atoms with Crippen molar-refractivity contribution >= 4 is 64.9 Å². The van der Waals surface area contributed by atoms with Crippen LogP contribution in [-0.4, -0.2) is 74.2 Å². The van der Waals surface area contributed by atoms with Gasteiger partial charge in [-0.25, -0.2) is 9.78 Å². The van der Waals surface area contributed by atoms with Gasteiger partial charge < -0.3 is 24.4 Å². The maximum absolute atomic E-state index is 13.9. The van der Waals surface area contributed by atoms with Gasteiger partial charge in [0.05, 0.1) is 35.1 Å². The number of hydrogen-bond acceptors (Lipinski definition) is 7. The average molecular weight is 584 g/mol. The van der Waals surface area contributed by atoms with E-state index in [1.807, 2.05) is 55.5 Å². The maximum Gasteiger partial charge on any atom is 0.260 e. The van der Waals surface area contributed by atoms with Crippen LogP contribution in [0.2, 0.25) is 0 Å². The van der Waals surface area contributed by atoms with E-state index in [9.17, 15) is 9.59 Å². The highest BCUT2D eigenvalue weighted by atomic mass is 35.5. The number of rotatable bonds is 6. The molecule has 11 heteroatoms. The van der Waals surface area contributed by atoms with Crippen molar-refractivity contribution in [1.82, 2.24) is 14.9 Å². The van der Waals surface area contributed by atoms with Crippen molar-refractivity contribution in [1.29, 1.82) is 0 Å². The number of isocyanates is 1. The predicted octanol–water partition coefficient (Wildman–Crippen LogP) is 5.39. The fourth-order valence-electron chi connectivity index (χ4n) is 5.04. The van der Waals surface area contributed by atoms with Gasteiger partial charge in [-0.15, -0.1) is 24.8 Å². The first kappa shape index (κ1) is 30.7. The first-order valence-corrected chi connectivity index (χ1v) is 12.5. The molecule has 1 aliphatic rings. The zero-order chi connectivity index (χ0) is 26.8. The van der Waals surface area contributed by atoms with Gasteiger partial charge in [-0.3, -0.25) is 4.79 Å². The number of para-hydroxylation sites is 3. The molecule has 0 atom stereocenters. The van der Waals surface area contributed by atoms with Crippen molar-refractivity contribution in [3.05, 3.63) is 66.0 Å². The van der Waals surface area contributed by atoms with Crippen LogP contribution in [0, 0.1) is 6.92 Å². The number of likely N-dealkylation sites (N-methyl/N-ethyl adjacent to an activating group) is 1. The van der Waals surface area contributed by atoms with Crippen LogP contribution in [0.4, 0.5) is 17.1 Å². The third-order valence-electron chi connectivity index (χ3n) is 7.04. The highest BCUT2D eigenvalue weighted by Crippen LogP contribution is 2.43. The van der Waals surface area contributed by atoms with E-state index >= 15 is 0 Å². The number of aromatic nitrogens is 2. The quantitative estimate of drug-likeness (QED) is 0.242. The number of fused-ring (bicyclic) bond motifs is 1. The minimum absolute atomic E-state index is 0. The molecular formula is C29H32Cl2N6O3. The van der Waals surface area contributed by atoms with Crippen molar-refractivity contribution < 1.29 is 14.3 Å². The molecule has 5 rings (SSSR count). The van der Waals surface area contributed by atoms with E-state index in [1.54, 1.807) is 24.1 Å². The van der Waals surface area contributed by atoms with Gasteiger partial charge in [0.2, 0.25) is 6.08 Å². The number of amides is 1. The number of carbonyl (C=O) groups is 1. The maximum atomic E-state index is 13.9. The Balaban J connectivity index is 0.00000220. The molecule has 9 nitrogen and oxygen atoms in total.